The monoisotopic (exact) mass is 469 g/mol. The lowest BCUT2D eigenvalue weighted by atomic mass is 10.5. The van der Waals surface area contributed by atoms with Crippen molar-refractivity contribution in [2.75, 3.05) is 47.7 Å². The third-order valence-corrected chi connectivity index (χ3v) is 7.18. The summed E-state index contributed by atoms with van der Waals surface area (Å²) in [5, 5.41) is 0. The predicted molar refractivity (Wildman–Crippen MR) is 113 cm³/mol. The molecular weight excluding hydrogens is 430 g/mol. The summed E-state index contributed by atoms with van der Waals surface area (Å²) >= 11 is 0. The number of hydrogen-bond acceptors (Lipinski definition) is 11. The molecule has 0 aromatic carbocycles. The van der Waals surface area contributed by atoms with Crippen molar-refractivity contribution in [3.8, 4) is 0 Å². The van der Waals surface area contributed by atoms with Gasteiger partial charge in [0.1, 0.15) is 0 Å². The van der Waals surface area contributed by atoms with E-state index in [4.69, 9.17) is 41.7 Å². The maximum Gasteiger partial charge on any atom is 0.512 e. The van der Waals surface area contributed by atoms with Crippen LogP contribution in [0.15, 0.2) is 4.99 Å². The molecule has 11 nitrogen and oxygen atoms in total. The van der Waals surface area contributed by atoms with E-state index in [2.05, 4.69) is 4.99 Å². The van der Waals surface area contributed by atoms with Gasteiger partial charge in [-0.15, -0.1) is 0 Å². The largest absolute Gasteiger partial charge is 0.512 e. The molecule has 0 fully saturated rings. The minimum atomic E-state index is -3.87. The van der Waals surface area contributed by atoms with Gasteiger partial charge in [0.2, 0.25) is 6.08 Å². The third kappa shape index (κ3) is 10.6. The Hall–Kier alpha value is -0.763. The molecule has 0 aliphatic carbocycles. The van der Waals surface area contributed by atoms with Crippen LogP contribution in [0.2, 0.25) is 6.04 Å². The first-order valence-electron chi connectivity index (χ1n) is 10.3. The summed E-state index contributed by atoms with van der Waals surface area (Å²) in [5.74, 6) is -4.55. The van der Waals surface area contributed by atoms with E-state index in [1.807, 2.05) is 0 Å². The standard InChI is InChI=1S/C19H39NO10Si/c1-10-25-17(4,22-7)28-31(15-13-14-20-16-21,29-18(5,23-8)26-11-2)30-19(6,24-9)27-12-3/h10-15H2,1-9H3. The van der Waals surface area contributed by atoms with Crippen molar-refractivity contribution in [1.29, 1.82) is 0 Å². The van der Waals surface area contributed by atoms with Crippen molar-refractivity contribution in [1.82, 2.24) is 0 Å². The van der Waals surface area contributed by atoms with Crippen molar-refractivity contribution in [2.24, 2.45) is 4.99 Å². The summed E-state index contributed by atoms with van der Waals surface area (Å²) in [4.78, 5) is 14.1. The first-order valence-corrected chi connectivity index (χ1v) is 12.2. The summed E-state index contributed by atoms with van der Waals surface area (Å²) in [6.07, 6.45) is 1.88. The van der Waals surface area contributed by atoms with Crippen LogP contribution in [0.25, 0.3) is 0 Å². The van der Waals surface area contributed by atoms with Gasteiger partial charge in [-0.25, -0.2) is 9.79 Å². The molecule has 0 saturated heterocycles. The van der Waals surface area contributed by atoms with E-state index in [1.165, 1.54) is 27.4 Å². The number of methoxy groups -OCH3 is 3. The van der Waals surface area contributed by atoms with Crippen LogP contribution in [0.5, 0.6) is 0 Å². The van der Waals surface area contributed by atoms with Crippen LogP contribution in [-0.2, 0) is 46.5 Å². The Labute approximate surface area is 186 Å². The molecule has 0 rings (SSSR count). The molecule has 0 amide bonds. The first-order chi connectivity index (χ1) is 14.5. The van der Waals surface area contributed by atoms with Crippen LogP contribution < -0.4 is 0 Å². The molecule has 0 spiro atoms. The third-order valence-electron chi connectivity index (χ3n) is 4.17. The lowest BCUT2D eigenvalue weighted by Crippen LogP contribution is -2.62. The fraction of sp³-hybridized carbons (Fsp3) is 0.947. The van der Waals surface area contributed by atoms with Gasteiger partial charge in [0, 0.05) is 68.0 Å². The van der Waals surface area contributed by atoms with Gasteiger partial charge < -0.3 is 41.7 Å². The van der Waals surface area contributed by atoms with Crippen molar-refractivity contribution in [2.45, 2.75) is 71.9 Å². The second kappa shape index (κ2) is 14.4. The number of hydrogen-bond donors (Lipinski definition) is 0. The van der Waals surface area contributed by atoms with Crippen LogP contribution in [-0.4, -0.2) is 80.5 Å². The quantitative estimate of drug-likeness (QED) is 0.0920. The SMILES string of the molecule is CCOC(C)(OC)O[Si](CCCN=C=O)(OC(C)(OC)OCC)OC(C)(OC)OCC. The molecule has 0 aromatic rings. The number of nitrogens with zero attached hydrogens (tertiary/aromatic N) is 1. The fourth-order valence-corrected chi connectivity index (χ4v) is 5.80. The van der Waals surface area contributed by atoms with Gasteiger partial charge in [-0.3, -0.25) is 0 Å². The van der Waals surface area contributed by atoms with E-state index in [-0.39, 0.29) is 12.6 Å². The Kier molecular flexibility index (Phi) is 14.0. The van der Waals surface area contributed by atoms with Crippen molar-refractivity contribution in [3.63, 3.8) is 0 Å². The highest BCUT2D eigenvalue weighted by Gasteiger charge is 2.56. The maximum absolute atomic E-state index is 10.5. The lowest BCUT2D eigenvalue weighted by molar-refractivity contribution is -0.395. The van der Waals surface area contributed by atoms with Gasteiger partial charge in [-0.1, -0.05) is 0 Å². The van der Waals surface area contributed by atoms with Crippen LogP contribution >= 0.6 is 0 Å². The molecule has 3 atom stereocenters. The van der Waals surface area contributed by atoms with Crippen molar-refractivity contribution >= 4 is 14.9 Å². The van der Waals surface area contributed by atoms with Crippen LogP contribution in [0.1, 0.15) is 48.0 Å². The maximum atomic E-state index is 10.5. The summed E-state index contributed by atoms with van der Waals surface area (Å²) in [5.41, 5.74) is 0. The van der Waals surface area contributed by atoms with E-state index < -0.39 is 26.7 Å². The number of carbonyl (C=O) groups excluding carboxylic acids is 1. The molecule has 0 radical (unpaired) electrons. The van der Waals surface area contributed by atoms with Gasteiger partial charge >= 0.3 is 8.80 Å². The van der Waals surface area contributed by atoms with Crippen LogP contribution in [0, 0.1) is 0 Å². The zero-order valence-corrected chi connectivity index (χ0v) is 21.3. The molecule has 31 heavy (non-hydrogen) atoms. The first kappa shape index (κ1) is 30.2. The van der Waals surface area contributed by atoms with E-state index in [0.717, 1.165) is 0 Å². The second-order valence-corrected chi connectivity index (χ2v) is 9.04. The van der Waals surface area contributed by atoms with E-state index in [0.29, 0.717) is 26.2 Å². The van der Waals surface area contributed by atoms with Gasteiger partial charge in [0.25, 0.3) is 17.9 Å². The Morgan fingerprint density at radius 2 is 1.10 bits per heavy atom. The van der Waals surface area contributed by atoms with Gasteiger partial charge in [0.15, 0.2) is 0 Å². The number of rotatable bonds is 19. The Morgan fingerprint density at radius 1 is 0.742 bits per heavy atom. The molecule has 0 N–H and O–H groups in total. The zero-order valence-electron chi connectivity index (χ0n) is 20.3. The van der Waals surface area contributed by atoms with Gasteiger partial charge in [-0.2, -0.15) is 0 Å². The van der Waals surface area contributed by atoms with Crippen LogP contribution in [0.3, 0.4) is 0 Å². The fourth-order valence-electron chi connectivity index (χ4n) is 2.66. The highest BCUT2D eigenvalue weighted by molar-refractivity contribution is 6.61. The molecule has 0 saturated carbocycles. The summed E-state index contributed by atoms with van der Waals surface area (Å²) in [6.45, 7) is 11.2. The Bertz CT molecular complexity index is 495. The Balaban J connectivity index is 6.36. The van der Waals surface area contributed by atoms with E-state index in [9.17, 15) is 4.79 Å². The number of ether oxygens (including phenoxy) is 6. The average Bonchev–Trinajstić information content (AvgIpc) is 2.71. The molecule has 184 valence electrons. The molecular formula is C19H39NO10Si. The number of isocyanates is 1. The summed E-state index contributed by atoms with van der Waals surface area (Å²) in [7, 11) is 0.430. The highest BCUT2D eigenvalue weighted by Crippen LogP contribution is 2.35. The van der Waals surface area contributed by atoms with Gasteiger partial charge in [0.05, 0.1) is 6.54 Å². The van der Waals surface area contributed by atoms with Crippen LogP contribution in [0.4, 0.5) is 0 Å². The average molecular weight is 470 g/mol. The smallest absolute Gasteiger partial charge is 0.332 e. The minimum absolute atomic E-state index is 0.183. The molecule has 0 bridgehead atoms. The zero-order chi connectivity index (χ0) is 24.0. The van der Waals surface area contributed by atoms with E-state index in [1.54, 1.807) is 41.5 Å². The second-order valence-electron chi connectivity index (χ2n) is 6.56. The molecule has 0 aliphatic rings. The van der Waals surface area contributed by atoms with Gasteiger partial charge in [-0.05, 0) is 27.2 Å². The molecule has 3 unspecified atom stereocenters. The topological polar surface area (TPSA) is 113 Å². The molecule has 0 heterocycles. The number of aliphatic imine (C=N–C) groups is 1. The molecule has 0 aromatic heterocycles. The predicted octanol–water partition coefficient (Wildman–Crippen LogP) is 2.77. The summed E-state index contributed by atoms with van der Waals surface area (Å²) in [6, 6.07) is 0.183. The molecule has 0 aliphatic heterocycles. The van der Waals surface area contributed by atoms with Crippen molar-refractivity contribution < 1.29 is 46.5 Å². The normalized spacial score (nSPS) is 19.5. The van der Waals surface area contributed by atoms with Crippen molar-refractivity contribution in [3.05, 3.63) is 0 Å². The lowest BCUT2D eigenvalue weighted by Gasteiger charge is -2.44. The van der Waals surface area contributed by atoms with E-state index >= 15 is 0 Å². The molecule has 12 heteroatoms. The highest BCUT2D eigenvalue weighted by atomic mass is 28.4. The minimum Gasteiger partial charge on any atom is -0.332 e. The summed E-state index contributed by atoms with van der Waals surface area (Å²) < 4.78 is 52.2. The Morgan fingerprint density at radius 3 is 1.35 bits per heavy atom.